The molecule has 0 unspecified atom stereocenters. The lowest BCUT2D eigenvalue weighted by Crippen LogP contribution is -1.97. The Morgan fingerprint density at radius 3 is 1.75 bits per heavy atom. The van der Waals surface area contributed by atoms with E-state index in [1.165, 1.54) is 12.1 Å². The van der Waals surface area contributed by atoms with E-state index >= 15 is 0 Å². The standard InChI is InChI=1S/C34H24N2O4/c1-2-20-17-32(40-23-13-15-30(38)28(36)19-23)34(26-10-6-5-8-24(20)26)33-25-9-4-3-7-21(25)11-16-31(33)39-22-12-14-29(37)27(35)18-22/h1,3-19,37-38H,35-36H2. The summed E-state index contributed by atoms with van der Waals surface area (Å²) in [6, 6.07) is 30.9. The first-order chi connectivity index (χ1) is 19.4. The molecular formula is C34H24N2O4. The number of aromatic hydroxyl groups is 2. The smallest absolute Gasteiger partial charge is 0.138 e. The van der Waals surface area contributed by atoms with Crippen molar-refractivity contribution in [3.05, 3.63) is 109 Å². The average Bonchev–Trinajstić information content (AvgIpc) is 2.97. The number of fused-ring (bicyclic) bond motifs is 2. The highest BCUT2D eigenvalue weighted by Crippen LogP contribution is 2.48. The van der Waals surface area contributed by atoms with Crippen LogP contribution in [0.3, 0.4) is 0 Å². The van der Waals surface area contributed by atoms with Crippen molar-refractivity contribution in [1.82, 2.24) is 0 Å². The Morgan fingerprint density at radius 1 is 0.575 bits per heavy atom. The average molecular weight is 525 g/mol. The predicted octanol–water partition coefficient (Wildman–Crippen LogP) is 7.80. The number of terminal acetylenes is 1. The van der Waals surface area contributed by atoms with Crippen LogP contribution in [0.2, 0.25) is 0 Å². The van der Waals surface area contributed by atoms with Gasteiger partial charge in [-0.15, -0.1) is 6.42 Å². The van der Waals surface area contributed by atoms with Gasteiger partial charge in [-0.05, 0) is 57.9 Å². The zero-order chi connectivity index (χ0) is 27.8. The normalized spacial score (nSPS) is 10.9. The lowest BCUT2D eigenvalue weighted by molar-refractivity contribution is 0.465. The molecule has 6 aromatic carbocycles. The molecule has 6 aromatic rings. The summed E-state index contributed by atoms with van der Waals surface area (Å²) in [7, 11) is 0. The van der Waals surface area contributed by atoms with E-state index < -0.39 is 0 Å². The molecule has 40 heavy (non-hydrogen) atoms. The summed E-state index contributed by atoms with van der Waals surface area (Å²) in [6.07, 6.45) is 5.94. The van der Waals surface area contributed by atoms with Crippen LogP contribution in [0, 0.1) is 12.3 Å². The molecule has 6 heteroatoms. The molecule has 6 rings (SSSR count). The van der Waals surface area contributed by atoms with Crippen LogP contribution in [0.25, 0.3) is 32.7 Å². The molecule has 0 aliphatic rings. The zero-order valence-electron chi connectivity index (χ0n) is 21.3. The fraction of sp³-hybridized carbons (Fsp3) is 0. The molecule has 0 aromatic heterocycles. The Bertz CT molecular complexity index is 1970. The molecule has 0 aliphatic carbocycles. The van der Waals surface area contributed by atoms with Gasteiger partial charge in [0.05, 0.1) is 11.4 Å². The topological polar surface area (TPSA) is 111 Å². The van der Waals surface area contributed by atoms with Gasteiger partial charge < -0.3 is 31.2 Å². The number of benzene rings is 6. The van der Waals surface area contributed by atoms with E-state index in [1.807, 2.05) is 66.7 Å². The van der Waals surface area contributed by atoms with Gasteiger partial charge in [0.1, 0.15) is 34.5 Å². The van der Waals surface area contributed by atoms with Crippen molar-refractivity contribution < 1.29 is 19.7 Å². The fourth-order valence-corrected chi connectivity index (χ4v) is 4.85. The second-order valence-electron chi connectivity index (χ2n) is 9.29. The SMILES string of the molecule is C#Cc1cc(Oc2ccc(O)c(N)c2)c(-c2c(Oc3ccc(O)c(N)c3)ccc3ccccc23)c2ccccc12. The maximum Gasteiger partial charge on any atom is 0.138 e. The predicted molar refractivity (Wildman–Crippen MR) is 160 cm³/mol. The third-order valence-electron chi connectivity index (χ3n) is 6.76. The molecule has 0 heterocycles. The van der Waals surface area contributed by atoms with Crippen LogP contribution in [-0.4, -0.2) is 10.2 Å². The molecule has 0 radical (unpaired) electrons. The number of anilines is 2. The van der Waals surface area contributed by atoms with Gasteiger partial charge in [0.15, 0.2) is 0 Å². The molecule has 0 amide bonds. The van der Waals surface area contributed by atoms with Crippen LogP contribution < -0.4 is 20.9 Å². The van der Waals surface area contributed by atoms with Gasteiger partial charge in [0, 0.05) is 28.8 Å². The summed E-state index contributed by atoms with van der Waals surface area (Å²) >= 11 is 0. The monoisotopic (exact) mass is 524 g/mol. The minimum Gasteiger partial charge on any atom is -0.506 e. The maximum atomic E-state index is 9.95. The molecule has 6 nitrogen and oxygen atoms in total. The number of nitrogen functional groups attached to an aromatic ring is 2. The van der Waals surface area contributed by atoms with E-state index in [1.54, 1.807) is 24.3 Å². The maximum absolute atomic E-state index is 9.95. The molecule has 0 fully saturated rings. The largest absolute Gasteiger partial charge is 0.506 e. The van der Waals surface area contributed by atoms with Gasteiger partial charge in [-0.25, -0.2) is 0 Å². The lowest BCUT2D eigenvalue weighted by atomic mass is 9.90. The second-order valence-corrected chi connectivity index (χ2v) is 9.29. The summed E-state index contributed by atoms with van der Waals surface area (Å²) < 4.78 is 12.9. The highest BCUT2D eigenvalue weighted by Gasteiger charge is 2.22. The zero-order valence-corrected chi connectivity index (χ0v) is 21.3. The van der Waals surface area contributed by atoms with Crippen LogP contribution in [0.5, 0.6) is 34.5 Å². The number of phenols is 2. The van der Waals surface area contributed by atoms with Crippen molar-refractivity contribution in [3.63, 3.8) is 0 Å². The second kappa shape index (κ2) is 9.82. The van der Waals surface area contributed by atoms with E-state index in [4.69, 9.17) is 27.4 Å². The van der Waals surface area contributed by atoms with Gasteiger partial charge in [-0.1, -0.05) is 60.5 Å². The number of hydrogen-bond donors (Lipinski definition) is 4. The van der Waals surface area contributed by atoms with Crippen LogP contribution in [0.15, 0.2) is 103 Å². The third-order valence-corrected chi connectivity index (χ3v) is 6.76. The number of phenolic OH excluding ortho intramolecular Hbond substituents is 2. The molecule has 6 N–H and O–H groups in total. The van der Waals surface area contributed by atoms with Crippen molar-refractivity contribution >= 4 is 32.9 Å². The number of ether oxygens (including phenoxy) is 2. The van der Waals surface area contributed by atoms with Gasteiger partial charge in [0.25, 0.3) is 0 Å². The molecule has 194 valence electrons. The first kappa shape index (κ1) is 24.5. The van der Waals surface area contributed by atoms with E-state index in [0.717, 1.165) is 32.7 Å². The first-order valence-corrected chi connectivity index (χ1v) is 12.5. The number of nitrogens with two attached hydrogens (primary N) is 2. The van der Waals surface area contributed by atoms with Gasteiger partial charge in [-0.3, -0.25) is 0 Å². The molecule has 0 bridgehead atoms. The van der Waals surface area contributed by atoms with E-state index in [0.29, 0.717) is 28.6 Å². The number of hydrogen-bond acceptors (Lipinski definition) is 6. The Kier molecular flexibility index (Phi) is 6.02. The van der Waals surface area contributed by atoms with Gasteiger partial charge in [0.2, 0.25) is 0 Å². The molecule has 0 saturated carbocycles. The molecular weight excluding hydrogens is 500 g/mol. The Hall–Kier alpha value is -5.80. The third kappa shape index (κ3) is 4.32. The van der Waals surface area contributed by atoms with E-state index in [2.05, 4.69) is 5.92 Å². The van der Waals surface area contributed by atoms with E-state index in [9.17, 15) is 10.2 Å². The van der Waals surface area contributed by atoms with Gasteiger partial charge >= 0.3 is 0 Å². The molecule has 0 atom stereocenters. The van der Waals surface area contributed by atoms with Crippen molar-refractivity contribution in [2.24, 2.45) is 0 Å². The minimum absolute atomic E-state index is 0.0224. The summed E-state index contributed by atoms with van der Waals surface area (Å²) in [5.74, 6) is 4.67. The van der Waals surface area contributed by atoms with Crippen molar-refractivity contribution in [2.45, 2.75) is 0 Å². The molecule has 0 aliphatic heterocycles. The number of rotatable bonds is 5. The van der Waals surface area contributed by atoms with Crippen LogP contribution in [0.1, 0.15) is 5.56 Å². The van der Waals surface area contributed by atoms with Crippen molar-refractivity contribution in [2.75, 3.05) is 11.5 Å². The van der Waals surface area contributed by atoms with Crippen LogP contribution in [-0.2, 0) is 0 Å². The van der Waals surface area contributed by atoms with Crippen molar-refractivity contribution in [3.8, 4) is 58.0 Å². The Balaban J connectivity index is 1.67. The molecule has 0 spiro atoms. The summed E-state index contributed by atoms with van der Waals surface area (Å²) in [5.41, 5.74) is 14.5. The quantitative estimate of drug-likeness (QED) is 0.104. The Morgan fingerprint density at radius 2 is 1.12 bits per heavy atom. The summed E-state index contributed by atoms with van der Waals surface area (Å²) in [4.78, 5) is 0. The Labute approximate surface area is 230 Å². The summed E-state index contributed by atoms with van der Waals surface area (Å²) in [5, 5.41) is 23.6. The van der Waals surface area contributed by atoms with E-state index in [-0.39, 0.29) is 22.9 Å². The van der Waals surface area contributed by atoms with Crippen molar-refractivity contribution in [1.29, 1.82) is 0 Å². The lowest BCUT2D eigenvalue weighted by Gasteiger charge is -2.20. The highest BCUT2D eigenvalue weighted by molar-refractivity contribution is 6.11. The minimum atomic E-state index is -0.0340. The highest BCUT2D eigenvalue weighted by atomic mass is 16.5. The molecule has 0 saturated heterocycles. The summed E-state index contributed by atoms with van der Waals surface area (Å²) in [6.45, 7) is 0. The van der Waals surface area contributed by atoms with Crippen LogP contribution in [0.4, 0.5) is 11.4 Å². The fourth-order valence-electron chi connectivity index (χ4n) is 4.85. The van der Waals surface area contributed by atoms with Gasteiger partial charge in [-0.2, -0.15) is 0 Å². The van der Waals surface area contributed by atoms with Crippen LogP contribution >= 0.6 is 0 Å². The first-order valence-electron chi connectivity index (χ1n) is 12.5.